The van der Waals surface area contributed by atoms with E-state index in [0.717, 1.165) is 8.95 Å². The Bertz CT molecular complexity index is 660. The zero-order valence-electron chi connectivity index (χ0n) is 13.0. The summed E-state index contributed by atoms with van der Waals surface area (Å²) in [4.78, 5) is 8.45. The van der Waals surface area contributed by atoms with Gasteiger partial charge in [0.2, 0.25) is 0 Å². The van der Waals surface area contributed by atoms with Crippen LogP contribution >= 0.6 is 31.9 Å². The average Bonchev–Trinajstić information content (AvgIpc) is 2.49. The fraction of sp³-hybridized carbons (Fsp3) is 0.125. The van der Waals surface area contributed by atoms with Gasteiger partial charge in [0.15, 0.2) is 0 Å². The summed E-state index contributed by atoms with van der Waals surface area (Å²) in [7, 11) is 0. The molecule has 24 heavy (non-hydrogen) atoms. The molecule has 8 heteroatoms. The molecule has 0 aliphatic rings. The largest absolute Gasteiger partial charge is 0.507 e. The predicted octanol–water partition coefficient (Wildman–Crippen LogP) is 4.48. The molecule has 0 amide bonds. The van der Waals surface area contributed by atoms with Crippen LogP contribution in [0.1, 0.15) is 11.1 Å². The zero-order chi connectivity index (χ0) is 15.9. The SMILES string of the molecule is N.N.Oc1ccc(Br)cc1C=NCCN=Cc1cc(Br)ccc1O. The topological polar surface area (TPSA) is 135 Å². The average molecular weight is 460 g/mol. The molecule has 0 aliphatic heterocycles. The van der Waals surface area contributed by atoms with Gasteiger partial charge in [-0.15, -0.1) is 0 Å². The highest BCUT2D eigenvalue weighted by Gasteiger charge is 1.99. The molecule has 0 spiro atoms. The molecule has 0 aromatic heterocycles. The first-order chi connectivity index (χ1) is 10.6. The lowest BCUT2D eigenvalue weighted by atomic mass is 10.2. The van der Waals surface area contributed by atoms with E-state index in [1.54, 1.807) is 48.8 Å². The summed E-state index contributed by atoms with van der Waals surface area (Å²) >= 11 is 6.69. The van der Waals surface area contributed by atoms with Gasteiger partial charge in [-0.3, -0.25) is 9.98 Å². The molecule has 2 aromatic carbocycles. The highest BCUT2D eigenvalue weighted by Crippen LogP contribution is 2.20. The number of aliphatic imine (C=N–C) groups is 2. The predicted molar refractivity (Wildman–Crippen MR) is 107 cm³/mol. The first-order valence-corrected chi connectivity index (χ1v) is 8.11. The highest BCUT2D eigenvalue weighted by atomic mass is 79.9. The van der Waals surface area contributed by atoms with Gasteiger partial charge in [-0.2, -0.15) is 0 Å². The summed E-state index contributed by atoms with van der Waals surface area (Å²) in [5, 5.41) is 19.3. The molecule has 0 atom stereocenters. The Balaban J connectivity index is 0.00000264. The van der Waals surface area contributed by atoms with Crippen molar-refractivity contribution in [2.45, 2.75) is 0 Å². The van der Waals surface area contributed by atoms with Crippen LogP contribution in [-0.2, 0) is 0 Å². The van der Waals surface area contributed by atoms with Crippen LogP contribution < -0.4 is 12.3 Å². The zero-order valence-corrected chi connectivity index (χ0v) is 16.2. The van der Waals surface area contributed by atoms with Gasteiger partial charge in [-0.25, -0.2) is 0 Å². The summed E-state index contributed by atoms with van der Waals surface area (Å²) in [6, 6.07) is 10.3. The van der Waals surface area contributed by atoms with Crippen LogP contribution in [0.25, 0.3) is 0 Å². The van der Waals surface area contributed by atoms with Gasteiger partial charge in [0, 0.05) is 32.5 Å². The molecular formula is C16H20Br2N4O2. The number of hydrogen-bond donors (Lipinski definition) is 4. The lowest BCUT2D eigenvalue weighted by molar-refractivity contribution is 0.474. The van der Waals surface area contributed by atoms with Gasteiger partial charge < -0.3 is 22.5 Å². The van der Waals surface area contributed by atoms with Gasteiger partial charge in [0.1, 0.15) is 11.5 Å². The Morgan fingerprint density at radius 3 is 1.50 bits per heavy atom. The molecule has 0 saturated carbocycles. The molecular weight excluding hydrogens is 440 g/mol. The summed E-state index contributed by atoms with van der Waals surface area (Å²) in [5.41, 5.74) is 1.31. The summed E-state index contributed by atoms with van der Waals surface area (Å²) in [6.07, 6.45) is 3.23. The third kappa shape index (κ3) is 6.79. The third-order valence-electron chi connectivity index (χ3n) is 2.80. The van der Waals surface area contributed by atoms with Crippen LogP contribution in [0.3, 0.4) is 0 Å². The van der Waals surface area contributed by atoms with Crippen LogP contribution in [-0.4, -0.2) is 35.7 Å². The van der Waals surface area contributed by atoms with Crippen molar-refractivity contribution in [3.63, 3.8) is 0 Å². The van der Waals surface area contributed by atoms with Gasteiger partial charge in [-0.05, 0) is 36.4 Å². The molecule has 0 bridgehead atoms. The van der Waals surface area contributed by atoms with Crippen molar-refractivity contribution in [1.29, 1.82) is 0 Å². The molecule has 2 aromatic rings. The smallest absolute Gasteiger partial charge is 0.124 e. The van der Waals surface area contributed by atoms with Crippen LogP contribution in [0.2, 0.25) is 0 Å². The second-order valence-electron chi connectivity index (χ2n) is 4.48. The van der Waals surface area contributed by atoms with Gasteiger partial charge in [0.25, 0.3) is 0 Å². The summed E-state index contributed by atoms with van der Waals surface area (Å²) in [6.45, 7) is 0.994. The van der Waals surface area contributed by atoms with E-state index in [9.17, 15) is 10.2 Å². The Morgan fingerprint density at radius 1 is 0.750 bits per heavy atom. The van der Waals surface area contributed by atoms with Gasteiger partial charge in [0.05, 0.1) is 13.1 Å². The molecule has 0 aliphatic carbocycles. The number of benzene rings is 2. The summed E-state index contributed by atoms with van der Waals surface area (Å²) < 4.78 is 1.77. The molecule has 0 saturated heterocycles. The molecule has 8 N–H and O–H groups in total. The number of hydrogen-bond acceptors (Lipinski definition) is 6. The number of halogens is 2. The van der Waals surface area contributed by atoms with Crippen molar-refractivity contribution in [3.05, 3.63) is 56.5 Å². The Morgan fingerprint density at radius 2 is 1.12 bits per heavy atom. The van der Waals surface area contributed by atoms with Crippen molar-refractivity contribution < 1.29 is 10.2 Å². The third-order valence-corrected chi connectivity index (χ3v) is 3.78. The van der Waals surface area contributed by atoms with E-state index in [2.05, 4.69) is 41.8 Å². The highest BCUT2D eigenvalue weighted by molar-refractivity contribution is 9.10. The van der Waals surface area contributed by atoms with E-state index in [4.69, 9.17) is 0 Å². The molecule has 130 valence electrons. The maximum absolute atomic E-state index is 9.67. The van der Waals surface area contributed by atoms with E-state index >= 15 is 0 Å². The number of aromatic hydroxyl groups is 2. The van der Waals surface area contributed by atoms with Crippen LogP contribution in [0.5, 0.6) is 11.5 Å². The minimum atomic E-state index is 0. The molecule has 0 fully saturated rings. The van der Waals surface area contributed by atoms with Gasteiger partial charge in [-0.1, -0.05) is 31.9 Å². The van der Waals surface area contributed by atoms with Crippen LogP contribution in [0.15, 0.2) is 55.3 Å². The minimum absolute atomic E-state index is 0. The molecule has 0 heterocycles. The normalized spacial score (nSPS) is 10.6. The van der Waals surface area contributed by atoms with E-state index in [-0.39, 0.29) is 23.8 Å². The van der Waals surface area contributed by atoms with E-state index in [1.807, 2.05) is 0 Å². The van der Waals surface area contributed by atoms with E-state index in [1.165, 1.54) is 0 Å². The first kappa shape index (κ1) is 22.3. The van der Waals surface area contributed by atoms with Crippen LogP contribution in [0, 0.1) is 0 Å². The van der Waals surface area contributed by atoms with E-state index < -0.39 is 0 Å². The van der Waals surface area contributed by atoms with Gasteiger partial charge >= 0.3 is 0 Å². The van der Waals surface area contributed by atoms with Crippen molar-refractivity contribution in [3.8, 4) is 11.5 Å². The number of rotatable bonds is 5. The molecule has 6 nitrogen and oxygen atoms in total. The van der Waals surface area contributed by atoms with E-state index in [0.29, 0.717) is 24.2 Å². The Hall–Kier alpha value is -1.74. The maximum atomic E-state index is 9.67. The van der Waals surface area contributed by atoms with Crippen molar-refractivity contribution in [2.24, 2.45) is 9.98 Å². The summed E-state index contributed by atoms with van der Waals surface area (Å²) in [5.74, 6) is 0.379. The van der Waals surface area contributed by atoms with Crippen molar-refractivity contribution >= 4 is 44.3 Å². The second kappa shape index (κ2) is 10.9. The first-order valence-electron chi connectivity index (χ1n) is 6.53. The minimum Gasteiger partial charge on any atom is -0.507 e. The fourth-order valence-electron chi connectivity index (χ4n) is 1.70. The number of nitrogens with zero attached hydrogens (tertiary/aromatic N) is 2. The standard InChI is InChI=1S/C16H14Br2N2O2.2H3N/c17-13-1-3-15(21)11(7-13)9-19-5-6-20-10-12-8-14(18)2-4-16(12)22;;/h1-4,7-10,21-22H,5-6H2;2*1H3. The molecule has 0 unspecified atom stereocenters. The fourth-order valence-corrected chi connectivity index (χ4v) is 2.46. The Labute approximate surface area is 157 Å². The monoisotopic (exact) mass is 458 g/mol. The molecule has 2 rings (SSSR count). The lowest BCUT2D eigenvalue weighted by Crippen LogP contribution is -1.91. The number of phenolic OH excluding ortho intramolecular Hbond substituents is 2. The second-order valence-corrected chi connectivity index (χ2v) is 6.31. The van der Waals surface area contributed by atoms with Crippen LogP contribution in [0.4, 0.5) is 0 Å². The Kier molecular flexibility index (Phi) is 10.1. The van der Waals surface area contributed by atoms with Crippen molar-refractivity contribution in [2.75, 3.05) is 13.1 Å². The lowest BCUT2D eigenvalue weighted by Gasteiger charge is -1.99. The maximum Gasteiger partial charge on any atom is 0.124 e. The number of phenols is 2. The van der Waals surface area contributed by atoms with Crippen molar-refractivity contribution in [1.82, 2.24) is 12.3 Å². The molecule has 0 radical (unpaired) electrons. The quantitative estimate of drug-likeness (QED) is 0.386.